The van der Waals surface area contributed by atoms with E-state index in [0.717, 1.165) is 5.56 Å². The van der Waals surface area contributed by atoms with Gasteiger partial charge in [-0.15, -0.1) is 0 Å². The summed E-state index contributed by atoms with van der Waals surface area (Å²) in [7, 11) is 0. The highest BCUT2D eigenvalue weighted by Crippen LogP contribution is 2.10. The van der Waals surface area contributed by atoms with E-state index in [-0.39, 0.29) is 29.7 Å². The van der Waals surface area contributed by atoms with Crippen molar-refractivity contribution in [2.75, 3.05) is 0 Å². The highest BCUT2D eigenvalue weighted by atomic mass is 127. The van der Waals surface area contributed by atoms with Crippen molar-refractivity contribution in [3.8, 4) is 0 Å². The Hall–Kier alpha value is -1.83. The first-order valence-corrected chi connectivity index (χ1v) is 5.01. The van der Waals surface area contributed by atoms with E-state index in [1.54, 1.807) is 23.0 Å². The zero-order valence-electron chi connectivity index (χ0n) is 9.31. The summed E-state index contributed by atoms with van der Waals surface area (Å²) in [5, 5.41) is 14.6. The monoisotopic (exact) mass is 355 g/mol. The lowest BCUT2D eigenvalue weighted by atomic mass is 10.2. The molecule has 0 saturated carbocycles. The highest BCUT2D eigenvalue weighted by Gasteiger charge is 2.02. The van der Waals surface area contributed by atoms with E-state index in [9.17, 15) is 10.1 Å². The molecule has 0 atom stereocenters. The Balaban J connectivity index is 0.00000162. The molecule has 0 aliphatic rings. The minimum atomic E-state index is -0.424. The minimum absolute atomic E-state index is 0. The maximum Gasteiger partial charge on any atom is 0.269 e. The van der Waals surface area contributed by atoms with Gasteiger partial charge in [0.05, 0.1) is 4.92 Å². The van der Waals surface area contributed by atoms with E-state index in [4.69, 9.17) is 0 Å². The molecule has 0 amide bonds. The van der Waals surface area contributed by atoms with Crippen LogP contribution in [0.4, 0.5) is 5.69 Å². The van der Waals surface area contributed by atoms with E-state index in [0.29, 0.717) is 0 Å². The van der Waals surface area contributed by atoms with Crippen LogP contribution >= 0.6 is 0 Å². The molecule has 0 bridgehead atoms. The summed E-state index contributed by atoms with van der Waals surface area (Å²) < 4.78 is 1.65. The lowest BCUT2D eigenvalue weighted by Crippen LogP contribution is -3.00. The van der Waals surface area contributed by atoms with Crippen LogP contribution in [0.25, 0.3) is 0 Å². The van der Waals surface area contributed by atoms with Gasteiger partial charge in [0, 0.05) is 24.3 Å². The summed E-state index contributed by atoms with van der Waals surface area (Å²) in [5.74, 6) is 0. The van der Waals surface area contributed by atoms with Crippen molar-refractivity contribution in [2.24, 2.45) is 5.10 Å². The number of benzene rings is 1. The van der Waals surface area contributed by atoms with Crippen molar-refractivity contribution < 1.29 is 33.6 Å². The third kappa shape index (κ3) is 3.88. The van der Waals surface area contributed by atoms with Gasteiger partial charge in [-0.3, -0.25) is 10.1 Å². The number of aromatic nitrogens is 1. The van der Waals surface area contributed by atoms with Crippen LogP contribution < -0.4 is 28.7 Å². The standard InChI is InChI=1S/C12H10N3O2.HI/c16-15(17)12-6-4-11(5-7-12)10-13-14-8-2-1-3-9-14;/h1-10H;1H/q+1;/p-1/b13-10+;. The second kappa shape index (κ2) is 6.80. The highest BCUT2D eigenvalue weighted by molar-refractivity contribution is 5.79. The lowest BCUT2D eigenvalue weighted by Gasteiger charge is -1.91. The third-order valence-electron chi connectivity index (χ3n) is 2.14. The molecule has 2 aromatic rings. The number of non-ortho nitro benzene ring substituents is 1. The summed E-state index contributed by atoms with van der Waals surface area (Å²) in [6.07, 6.45) is 5.26. The van der Waals surface area contributed by atoms with Crippen molar-refractivity contribution >= 4 is 11.9 Å². The second-order valence-electron chi connectivity index (χ2n) is 3.35. The topological polar surface area (TPSA) is 59.4 Å². The lowest BCUT2D eigenvalue weighted by molar-refractivity contribution is -0.678. The van der Waals surface area contributed by atoms with Gasteiger partial charge in [0.1, 0.15) is 6.21 Å². The molecule has 0 saturated heterocycles. The maximum absolute atomic E-state index is 10.5. The van der Waals surface area contributed by atoms with Gasteiger partial charge in [-0.25, -0.2) is 0 Å². The van der Waals surface area contributed by atoms with E-state index < -0.39 is 4.92 Å². The molecule has 0 unspecified atom stereocenters. The molecule has 18 heavy (non-hydrogen) atoms. The Kier molecular flexibility index (Phi) is 5.37. The number of hydrogen-bond acceptors (Lipinski definition) is 3. The van der Waals surface area contributed by atoms with Crippen LogP contribution in [0.5, 0.6) is 0 Å². The van der Waals surface area contributed by atoms with Crippen molar-refractivity contribution in [1.82, 2.24) is 0 Å². The van der Waals surface area contributed by atoms with Crippen LogP contribution in [-0.4, -0.2) is 11.1 Å². The maximum atomic E-state index is 10.5. The van der Waals surface area contributed by atoms with Gasteiger partial charge in [0.15, 0.2) is 0 Å². The fourth-order valence-electron chi connectivity index (χ4n) is 1.28. The number of nitro benzene ring substituents is 1. The van der Waals surface area contributed by atoms with E-state index >= 15 is 0 Å². The van der Waals surface area contributed by atoms with Crippen LogP contribution in [0.15, 0.2) is 60.0 Å². The fourth-order valence-corrected chi connectivity index (χ4v) is 1.28. The average molecular weight is 355 g/mol. The number of nitro groups is 1. The Labute approximate surface area is 121 Å². The predicted octanol–water partition coefficient (Wildman–Crippen LogP) is -1.23. The number of nitrogens with zero attached hydrogens (tertiary/aromatic N) is 3. The van der Waals surface area contributed by atoms with Gasteiger partial charge in [0.2, 0.25) is 12.4 Å². The molecule has 5 nitrogen and oxygen atoms in total. The van der Waals surface area contributed by atoms with Gasteiger partial charge in [0.25, 0.3) is 5.69 Å². The molecule has 6 heteroatoms. The molecule has 1 aromatic heterocycles. The van der Waals surface area contributed by atoms with Crippen LogP contribution in [0.1, 0.15) is 5.56 Å². The van der Waals surface area contributed by atoms with Crippen LogP contribution in [0.3, 0.4) is 0 Å². The molecule has 0 fully saturated rings. The summed E-state index contributed by atoms with van der Waals surface area (Å²) in [6, 6.07) is 11.9. The molecular formula is C12H10IN3O2. The first-order chi connectivity index (χ1) is 8.25. The summed E-state index contributed by atoms with van der Waals surface area (Å²) >= 11 is 0. The predicted molar refractivity (Wildman–Crippen MR) is 62.7 cm³/mol. The van der Waals surface area contributed by atoms with Gasteiger partial charge in [-0.05, 0) is 22.8 Å². The Morgan fingerprint density at radius 2 is 1.72 bits per heavy atom. The fraction of sp³-hybridized carbons (Fsp3) is 0. The van der Waals surface area contributed by atoms with Crippen molar-refractivity contribution in [3.05, 3.63) is 70.5 Å². The largest absolute Gasteiger partial charge is 1.00 e. The summed E-state index contributed by atoms with van der Waals surface area (Å²) in [5.41, 5.74) is 0.890. The molecular weight excluding hydrogens is 345 g/mol. The molecule has 1 heterocycles. The van der Waals surface area contributed by atoms with Crippen LogP contribution in [0, 0.1) is 10.1 Å². The van der Waals surface area contributed by atoms with Gasteiger partial charge in [-0.2, -0.15) is 0 Å². The zero-order chi connectivity index (χ0) is 12.1. The first kappa shape index (κ1) is 14.2. The van der Waals surface area contributed by atoms with E-state index in [1.807, 2.05) is 30.6 Å². The molecule has 0 N–H and O–H groups in total. The summed E-state index contributed by atoms with van der Waals surface area (Å²) in [6.45, 7) is 0. The molecule has 0 aliphatic carbocycles. The van der Waals surface area contributed by atoms with Crippen molar-refractivity contribution in [1.29, 1.82) is 0 Å². The number of hydrogen-bond donors (Lipinski definition) is 0. The molecule has 1 aromatic carbocycles. The second-order valence-corrected chi connectivity index (χ2v) is 3.35. The van der Waals surface area contributed by atoms with Gasteiger partial charge in [-0.1, -0.05) is 10.7 Å². The van der Waals surface area contributed by atoms with Crippen LogP contribution in [0.2, 0.25) is 0 Å². The first-order valence-electron chi connectivity index (χ1n) is 5.01. The number of rotatable bonds is 3. The zero-order valence-corrected chi connectivity index (χ0v) is 11.5. The molecule has 2 rings (SSSR count). The SMILES string of the molecule is O=[N+]([O-])c1ccc(/C=N/[n+]2ccccc2)cc1.[I-]. The Morgan fingerprint density at radius 3 is 2.28 bits per heavy atom. The van der Waals surface area contributed by atoms with Crippen molar-refractivity contribution in [3.63, 3.8) is 0 Å². The van der Waals surface area contributed by atoms with Crippen molar-refractivity contribution in [2.45, 2.75) is 0 Å². The molecule has 92 valence electrons. The van der Waals surface area contributed by atoms with E-state index in [2.05, 4.69) is 5.10 Å². The molecule has 0 spiro atoms. The van der Waals surface area contributed by atoms with E-state index in [1.165, 1.54) is 12.1 Å². The molecule has 0 aliphatic heterocycles. The van der Waals surface area contributed by atoms with Gasteiger partial charge < -0.3 is 24.0 Å². The number of pyridine rings is 1. The third-order valence-corrected chi connectivity index (χ3v) is 2.14. The summed E-state index contributed by atoms with van der Waals surface area (Å²) in [4.78, 5) is 10.0. The quantitative estimate of drug-likeness (QED) is 0.228. The smallest absolute Gasteiger partial charge is 0.269 e. The Bertz CT molecular complexity index is 541. The Morgan fingerprint density at radius 1 is 1.11 bits per heavy atom. The molecule has 0 radical (unpaired) electrons. The normalized spacial score (nSPS) is 10.0. The van der Waals surface area contributed by atoms with Crippen LogP contribution in [-0.2, 0) is 0 Å². The van der Waals surface area contributed by atoms with Gasteiger partial charge >= 0.3 is 0 Å². The number of halogens is 1. The average Bonchev–Trinajstić information content (AvgIpc) is 2.38. The minimum Gasteiger partial charge on any atom is -1.00 e.